The van der Waals surface area contributed by atoms with Gasteiger partial charge >= 0.3 is 0 Å². The van der Waals surface area contributed by atoms with Gasteiger partial charge in [-0.3, -0.25) is 0 Å². The highest BCUT2D eigenvalue weighted by Gasteiger charge is 2.54. The summed E-state index contributed by atoms with van der Waals surface area (Å²) in [6.45, 7) is 0. The highest BCUT2D eigenvalue weighted by Crippen LogP contribution is 2.67. The summed E-state index contributed by atoms with van der Waals surface area (Å²) in [5.41, 5.74) is 21.3. The first-order chi connectivity index (χ1) is 36.2. The van der Waals surface area contributed by atoms with Crippen molar-refractivity contribution >= 4 is 60.5 Å². The number of ether oxygens (including phenoxy) is 1. The fraction of sp³-hybridized carbons (Fsp3) is 0.0286. The van der Waals surface area contributed by atoms with Gasteiger partial charge in [0.25, 0.3) is 0 Å². The molecule has 1 aromatic heterocycles. The average Bonchev–Trinajstić information content (AvgIpc) is 4.17. The van der Waals surface area contributed by atoms with E-state index < -0.39 is 10.8 Å². The number of hydrogen-bond donors (Lipinski definition) is 0. The Kier molecular flexibility index (Phi) is 7.60. The molecular weight excluding hydrogens is 887 g/mol. The first-order valence-corrected chi connectivity index (χ1v) is 25.3. The summed E-state index contributed by atoms with van der Waals surface area (Å²) in [4.78, 5) is 2.53. The van der Waals surface area contributed by atoms with E-state index in [9.17, 15) is 0 Å². The second kappa shape index (κ2) is 14.1. The molecule has 2 heterocycles. The predicted octanol–water partition coefficient (Wildman–Crippen LogP) is 18.2. The van der Waals surface area contributed by atoms with Gasteiger partial charge in [0.2, 0.25) is 0 Å². The molecule has 3 heteroatoms. The summed E-state index contributed by atoms with van der Waals surface area (Å²) < 4.78 is 14.1. The molecule has 0 N–H and O–H groups in total. The van der Waals surface area contributed by atoms with Crippen LogP contribution in [0.4, 0.5) is 17.1 Å². The van der Waals surface area contributed by atoms with Gasteiger partial charge in [-0.05, 0) is 108 Å². The molecule has 17 rings (SSSR count). The minimum Gasteiger partial charge on any atom is -0.456 e. The van der Waals surface area contributed by atoms with Crippen molar-refractivity contribution in [2.24, 2.45) is 0 Å². The zero-order valence-corrected chi connectivity index (χ0v) is 39.4. The van der Waals surface area contributed by atoms with E-state index in [2.05, 4.69) is 254 Å². The molecule has 0 fully saturated rings. The Labute approximate surface area is 421 Å². The summed E-state index contributed by atoms with van der Waals surface area (Å²) in [5.74, 6) is 1.81. The fourth-order valence-electron chi connectivity index (χ4n) is 14.2. The fourth-order valence-corrected chi connectivity index (χ4v) is 14.2. The molecule has 73 heavy (non-hydrogen) atoms. The predicted molar refractivity (Wildman–Crippen MR) is 297 cm³/mol. The zero-order chi connectivity index (χ0) is 47.6. The zero-order valence-electron chi connectivity index (χ0n) is 39.4. The summed E-state index contributed by atoms with van der Waals surface area (Å²) in [5, 5.41) is 6.66. The molecule has 3 aliphatic carbocycles. The van der Waals surface area contributed by atoms with Crippen LogP contribution in [-0.2, 0) is 10.8 Å². The molecule has 13 aromatic rings. The van der Waals surface area contributed by atoms with Gasteiger partial charge in [-0.25, -0.2) is 0 Å². The van der Waals surface area contributed by atoms with Crippen LogP contribution in [0.25, 0.3) is 76.9 Å². The third kappa shape index (κ3) is 4.80. The standard InChI is InChI=1S/C70H41NO2/c1-3-19-45-42(17-1)35-38-59-67(45)73-68-46-20-4-2-18-43(46)36-39-60(68)70(59)56-29-13-8-24-50(56)65-58(70)30-15-31-61(65)71(62-32-16-34-64-66(62)51-25-9-14-33-63(51)72-64)44-37-40-57-52(41-44)49-23-7-12-28-55(49)69(57)53-26-10-5-21-47(53)48-22-6-11-27-54(48)69/h1-41H. The summed E-state index contributed by atoms with van der Waals surface area (Å²) in [7, 11) is 0. The van der Waals surface area contributed by atoms with Crippen LogP contribution in [0.2, 0.25) is 0 Å². The molecule has 0 amide bonds. The van der Waals surface area contributed by atoms with Gasteiger partial charge in [0.1, 0.15) is 22.7 Å². The monoisotopic (exact) mass is 927 g/mol. The van der Waals surface area contributed by atoms with E-state index in [1.165, 1.54) is 66.8 Å². The van der Waals surface area contributed by atoms with Crippen LogP contribution in [0.5, 0.6) is 11.5 Å². The second-order valence-corrected chi connectivity index (χ2v) is 20.1. The molecule has 3 nitrogen and oxygen atoms in total. The maximum Gasteiger partial charge on any atom is 0.140 e. The first kappa shape index (κ1) is 39.3. The molecule has 0 saturated heterocycles. The molecule has 1 aliphatic heterocycles. The van der Waals surface area contributed by atoms with Crippen molar-refractivity contribution in [3.63, 3.8) is 0 Å². The van der Waals surface area contributed by atoms with Gasteiger partial charge in [0.05, 0.1) is 27.6 Å². The lowest BCUT2D eigenvalue weighted by atomic mass is 9.65. The summed E-state index contributed by atoms with van der Waals surface area (Å²) >= 11 is 0. The number of para-hydroxylation sites is 1. The Hall–Kier alpha value is -9.44. The minimum absolute atomic E-state index is 0.458. The van der Waals surface area contributed by atoms with Crippen molar-refractivity contribution in [3.05, 3.63) is 293 Å². The van der Waals surface area contributed by atoms with Crippen LogP contribution in [0.3, 0.4) is 0 Å². The van der Waals surface area contributed by atoms with E-state index in [4.69, 9.17) is 9.15 Å². The normalized spacial score (nSPS) is 14.4. The lowest BCUT2D eigenvalue weighted by molar-refractivity contribution is 0.447. The maximum absolute atomic E-state index is 7.35. The average molecular weight is 928 g/mol. The number of rotatable bonds is 3. The lowest BCUT2D eigenvalue weighted by Gasteiger charge is -2.40. The third-order valence-electron chi connectivity index (χ3n) is 16.9. The number of nitrogens with zero attached hydrogens (tertiary/aromatic N) is 1. The van der Waals surface area contributed by atoms with Crippen molar-refractivity contribution in [2.75, 3.05) is 4.90 Å². The second-order valence-electron chi connectivity index (χ2n) is 20.1. The van der Waals surface area contributed by atoms with Crippen LogP contribution in [0.15, 0.2) is 253 Å². The maximum atomic E-state index is 7.35. The van der Waals surface area contributed by atoms with E-state index in [0.717, 1.165) is 83.2 Å². The number of anilines is 3. The highest BCUT2D eigenvalue weighted by atomic mass is 16.5. The molecule has 338 valence electrons. The van der Waals surface area contributed by atoms with Crippen LogP contribution in [-0.4, -0.2) is 0 Å². The van der Waals surface area contributed by atoms with Gasteiger partial charge in [-0.1, -0.05) is 212 Å². The smallest absolute Gasteiger partial charge is 0.140 e. The van der Waals surface area contributed by atoms with E-state index in [-0.39, 0.29) is 0 Å². The third-order valence-corrected chi connectivity index (χ3v) is 16.9. The van der Waals surface area contributed by atoms with Crippen molar-refractivity contribution < 1.29 is 9.15 Å². The number of furan rings is 1. The SMILES string of the molecule is c1ccc2c(c1)-c1ccccc1C21c2ccccc2-c2cc(N(c3cccc4c3-c3ccccc3C43c4ccc5ccccc5c4Oc4c3ccc3ccccc43)c3cccc4oc5ccccc5c34)ccc21. The van der Waals surface area contributed by atoms with Crippen molar-refractivity contribution in [1.29, 1.82) is 0 Å². The van der Waals surface area contributed by atoms with E-state index in [1.807, 2.05) is 0 Å². The van der Waals surface area contributed by atoms with E-state index in [1.54, 1.807) is 0 Å². The van der Waals surface area contributed by atoms with Crippen LogP contribution < -0.4 is 9.64 Å². The number of hydrogen-bond acceptors (Lipinski definition) is 3. The molecule has 12 aromatic carbocycles. The molecule has 0 unspecified atom stereocenters. The molecule has 0 bridgehead atoms. The molecule has 0 radical (unpaired) electrons. The molecule has 2 spiro atoms. The van der Waals surface area contributed by atoms with Crippen LogP contribution >= 0.6 is 0 Å². The van der Waals surface area contributed by atoms with Gasteiger partial charge in [-0.2, -0.15) is 0 Å². The Morgan fingerprint density at radius 3 is 1.41 bits per heavy atom. The number of fused-ring (bicyclic) bond motifs is 26. The Bertz CT molecular complexity index is 4440. The van der Waals surface area contributed by atoms with Gasteiger partial charge in [0, 0.05) is 38.5 Å². The summed E-state index contributed by atoms with van der Waals surface area (Å²) in [6, 6.07) is 92.1. The van der Waals surface area contributed by atoms with Gasteiger partial charge in [-0.15, -0.1) is 0 Å². The highest BCUT2D eigenvalue weighted by molar-refractivity contribution is 6.15. The van der Waals surface area contributed by atoms with Crippen molar-refractivity contribution in [2.45, 2.75) is 10.8 Å². The minimum atomic E-state index is -0.717. The van der Waals surface area contributed by atoms with Crippen LogP contribution in [0, 0.1) is 0 Å². The first-order valence-electron chi connectivity index (χ1n) is 25.3. The van der Waals surface area contributed by atoms with Crippen molar-refractivity contribution in [3.8, 4) is 44.9 Å². The van der Waals surface area contributed by atoms with Gasteiger partial charge in [0.15, 0.2) is 0 Å². The Morgan fingerprint density at radius 1 is 0.301 bits per heavy atom. The largest absolute Gasteiger partial charge is 0.456 e. The molecule has 0 atom stereocenters. The quantitative estimate of drug-likeness (QED) is 0.177. The lowest BCUT2D eigenvalue weighted by Crippen LogP contribution is -2.32. The van der Waals surface area contributed by atoms with E-state index in [0.29, 0.717) is 0 Å². The molecule has 4 aliphatic rings. The molecule has 0 saturated carbocycles. The topological polar surface area (TPSA) is 25.6 Å². The number of benzene rings is 12. The summed E-state index contributed by atoms with van der Waals surface area (Å²) in [6.07, 6.45) is 0. The van der Waals surface area contributed by atoms with Crippen LogP contribution in [0.1, 0.15) is 44.5 Å². The Morgan fingerprint density at radius 2 is 0.753 bits per heavy atom. The van der Waals surface area contributed by atoms with E-state index >= 15 is 0 Å². The Balaban J connectivity index is 0.989. The van der Waals surface area contributed by atoms with Gasteiger partial charge < -0.3 is 14.1 Å². The van der Waals surface area contributed by atoms with Crippen molar-refractivity contribution in [1.82, 2.24) is 0 Å². The molecular formula is C70H41NO2.